The quantitative estimate of drug-likeness (QED) is 0.782. The van der Waals surface area contributed by atoms with Crippen molar-refractivity contribution in [1.82, 2.24) is 0 Å². The molecule has 128 valence electrons. The van der Waals surface area contributed by atoms with Crippen molar-refractivity contribution in [3.05, 3.63) is 54.1 Å². The molecule has 2 amide bonds. The Hall–Kier alpha value is -2.75. The summed E-state index contributed by atoms with van der Waals surface area (Å²) < 4.78 is 65.5. The van der Waals surface area contributed by atoms with E-state index in [-0.39, 0.29) is 11.4 Å². The Morgan fingerprint density at radius 3 is 2.25 bits per heavy atom. The minimum atomic E-state index is -4.82. The first-order chi connectivity index (χ1) is 11.1. The van der Waals surface area contributed by atoms with Gasteiger partial charge in [-0.15, -0.1) is 0 Å². The summed E-state index contributed by atoms with van der Waals surface area (Å²) in [6.07, 6.45) is -4.82. The number of amides is 2. The van der Waals surface area contributed by atoms with Crippen LogP contribution in [0.3, 0.4) is 0 Å². The zero-order valence-electron chi connectivity index (χ0n) is 12.0. The number of anilines is 2. The number of carbonyl (C=O) groups excluding carboxylic acids is 1. The Morgan fingerprint density at radius 2 is 1.62 bits per heavy atom. The number of nitrogens with two attached hydrogens (primary N) is 1. The van der Waals surface area contributed by atoms with Crippen LogP contribution in [0.4, 0.5) is 29.3 Å². The summed E-state index contributed by atoms with van der Waals surface area (Å²) in [5.41, 5.74) is 3.83. The zero-order valence-corrected chi connectivity index (χ0v) is 12.8. The largest absolute Gasteiger partial charge is 0.417 e. The van der Waals surface area contributed by atoms with Gasteiger partial charge in [-0.2, -0.15) is 13.2 Å². The maximum Gasteiger partial charge on any atom is 0.417 e. The van der Waals surface area contributed by atoms with E-state index in [1.807, 2.05) is 4.72 Å². The van der Waals surface area contributed by atoms with Gasteiger partial charge in [0.1, 0.15) is 0 Å². The van der Waals surface area contributed by atoms with E-state index in [1.165, 1.54) is 30.3 Å². The lowest BCUT2D eigenvalue weighted by atomic mass is 10.2. The maximum atomic E-state index is 13.0. The molecular formula is C14H12F3N3O3S. The summed E-state index contributed by atoms with van der Waals surface area (Å²) in [6.45, 7) is 0. The van der Waals surface area contributed by atoms with Gasteiger partial charge >= 0.3 is 12.2 Å². The Kier molecular flexibility index (Phi) is 4.69. The van der Waals surface area contributed by atoms with Crippen molar-refractivity contribution in [1.29, 1.82) is 0 Å². The van der Waals surface area contributed by atoms with Crippen molar-refractivity contribution in [2.45, 2.75) is 11.1 Å². The zero-order chi connectivity index (χ0) is 18.0. The maximum absolute atomic E-state index is 13.0. The van der Waals surface area contributed by atoms with Crippen LogP contribution in [-0.4, -0.2) is 14.4 Å². The highest BCUT2D eigenvalue weighted by atomic mass is 32.2. The van der Waals surface area contributed by atoms with E-state index in [0.29, 0.717) is 6.07 Å². The first-order valence-electron chi connectivity index (χ1n) is 6.45. The molecular weight excluding hydrogens is 347 g/mol. The molecule has 0 saturated heterocycles. The van der Waals surface area contributed by atoms with Gasteiger partial charge in [-0.3, -0.25) is 4.72 Å². The molecule has 6 nitrogen and oxygen atoms in total. The molecule has 0 saturated carbocycles. The van der Waals surface area contributed by atoms with E-state index in [2.05, 4.69) is 5.32 Å². The van der Waals surface area contributed by atoms with Gasteiger partial charge in [0, 0.05) is 5.69 Å². The summed E-state index contributed by atoms with van der Waals surface area (Å²) in [7, 11) is -4.49. The number of primary amides is 1. The molecule has 0 radical (unpaired) electrons. The number of urea groups is 1. The standard InChI is InChI=1S/C14H12F3N3O3S/c15-14(16,17)11-6-1-2-7-12(11)24(22,23)20-10-5-3-4-9(8-10)19-13(18)21/h1-8,20H,(H3,18,19,21). The van der Waals surface area contributed by atoms with Crippen molar-refractivity contribution >= 4 is 27.4 Å². The molecule has 0 aliphatic rings. The number of carbonyl (C=O) groups is 1. The molecule has 0 atom stereocenters. The summed E-state index contributed by atoms with van der Waals surface area (Å²) >= 11 is 0. The van der Waals surface area contributed by atoms with Crippen molar-refractivity contribution in [2.24, 2.45) is 5.73 Å². The van der Waals surface area contributed by atoms with Crippen LogP contribution in [0, 0.1) is 0 Å². The molecule has 0 unspecified atom stereocenters. The Labute approximate surface area is 135 Å². The van der Waals surface area contributed by atoms with Crippen LogP contribution in [-0.2, 0) is 16.2 Å². The normalized spacial score (nSPS) is 11.8. The minimum absolute atomic E-state index is 0.0294. The summed E-state index contributed by atoms with van der Waals surface area (Å²) in [6, 6.07) is 8.34. The molecule has 0 bridgehead atoms. The number of nitrogens with one attached hydrogen (secondary N) is 2. The first-order valence-corrected chi connectivity index (χ1v) is 7.93. The molecule has 0 aliphatic carbocycles. The van der Waals surface area contributed by atoms with Crippen LogP contribution in [0.5, 0.6) is 0 Å². The lowest BCUT2D eigenvalue weighted by Crippen LogP contribution is -2.20. The molecule has 10 heteroatoms. The van der Waals surface area contributed by atoms with Crippen molar-refractivity contribution in [3.8, 4) is 0 Å². The van der Waals surface area contributed by atoms with Gasteiger partial charge in [0.2, 0.25) is 0 Å². The van der Waals surface area contributed by atoms with E-state index in [4.69, 9.17) is 5.73 Å². The summed E-state index contributed by atoms with van der Waals surface area (Å²) in [5.74, 6) is 0. The van der Waals surface area contributed by atoms with Crippen molar-refractivity contribution in [3.63, 3.8) is 0 Å². The number of halogens is 3. The third-order valence-electron chi connectivity index (χ3n) is 2.86. The SMILES string of the molecule is NC(=O)Nc1cccc(NS(=O)(=O)c2ccccc2C(F)(F)F)c1. The van der Waals surface area contributed by atoms with Crippen molar-refractivity contribution in [2.75, 3.05) is 10.0 Å². The molecule has 24 heavy (non-hydrogen) atoms. The van der Waals surface area contributed by atoms with E-state index in [0.717, 1.165) is 12.1 Å². The number of hydrogen-bond donors (Lipinski definition) is 3. The highest BCUT2D eigenvalue weighted by Gasteiger charge is 2.36. The van der Waals surface area contributed by atoms with Crippen LogP contribution in [0.15, 0.2) is 53.4 Å². The average Bonchev–Trinajstić information content (AvgIpc) is 2.45. The summed E-state index contributed by atoms with van der Waals surface area (Å²) in [5, 5.41) is 2.23. The minimum Gasteiger partial charge on any atom is -0.351 e. The smallest absolute Gasteiger partial charge is 0.351 e. The Morgan fingerprint density at radius 1 is 1.00 bits per heavy atom. The molecule has 0 spiro atoms. The fourth-order valence-corrected chi connectivity index (χ4v) is 3.23. The van der Waals surface area contributed by atoms with E-state index < -0.39 is 32.7 Å². The van der Waals surface area contributed by atoms with Gasteiger partial charge in [-0.05, 0) is 30.3 Å². The second-order valence-corrected chi connectivity index (χ2v) is 6.32. The summed E-state index contributed by atoms with van der Waals surface area (Å²) in [4.78, 5) is 9.89. The highest BCUT2D eigenvalue weighted by molar-refractivity contribution is 7.92. The second-order valence-electron chi connectivity index (χ2n) is 4.67. The lowest BCUT2D eigenvalue weighted by Gasteiger charge is -2.14. The van der Waals surface area contributed by atoms with Gasteiger partial charge in [-0.25, -0.2) is 13.2 Å². The average molecular weight is 359 g/mol. The predicted molar refractivity (Wildman–Crippen MR) is 81.9 cm³/mol. The van der Waals surface area contributed by atoms with Crippen LogP contribution in [0.2, 0.25) is 0 Å². The number of sulfonamides is 1. The number of rotatable bonds is 4. The van der Waals surface area contributed by atoms with Crippen LogP contribution < -0.4 is 15.8 Å². The molecule has 0 heterocycles. The van der Waals surface area contributed by atoms with Gasteiger partial charge in [0.05, 0.1) is 16.1 Å². The predicted octanol–water partition coefficient (Wildman–Crippen LogP) is 3.00. The fourth-order valence-electron chi connectivity index (χ4n) is 1.95. The third kappa shape index (κ3) is 4.16. The molecule has 0 aliphatic heterocycles. The van der Waals surface area contributed by atoms with E-state index in [9.17, 15) is 26.4 Å². The van der Waals surface area contributed by atoms with Crippen molar-refractivity contribution < 1.29 is 26.4 Å². The topological polar surface area (TPSA) is 101 Å². The van der Waals surface area contributed by atoms with Crippen LogP contribution >= 0.6 is 0 Å². The van der Waals surface area contributed by atoms with Crippen LogP contribution in [0.25, 0.3) is 0 Å². The molecule has 2 rings (SSSR count). The lowest BCUT2D eigenvalue weighted by molar-refractivity contribution is -0.139. The van der Waals surface area contributed by atoms with Gasteiger partial charge in [0.25, 0.3) is 10.0 Å². The van der Waals surface area contributed by atoms with E-state index in [1.54, 1.807) is 0 Å². The highest BCUT2D eigenvalue weighted by Crippen LogP contribution is 2.34. The van der Waals surface area contributed by atoms with Gasteiger partial charge in [0.15, 0.2) is 0 Å². The van der Waals surface area contributed by atoms with Gasteiger partial charge in [-0.1, -0.05) is 18.2 Å². The monoisotopic (exact) mass is 359 g/mol. The first kappa shape index (κ1) is 17.6. The van der Waals surface area contributed by atoms with Gasteiger partial charge < -0.3 is 11.1 Å². The fraction of sp³-hybridized carbons (Fsp3) is 0.0714. The Balaban J connectivity index is 2.38. The molecule has 2 aromatic rings. The van der Waals surface area contributed by atoms with Crippen LogP contribution in [0.1, 0.15) is 5.56 Å². The third-order valence-corrected chi connectivity index (χ3v) is 4.30. The molecule has 2 aromatic carbocycles. The molecule has 4 N–H and O–H groups in total. The number of alkyl halides is 3. The molecule has 0 fully saturated rings. The number of benzene rings is 2. The van der Waals surface area contributed by atoms with E-state index >= 15 is 0 Å². The second kappa shape index (κ2) is 6.40. The number of hydrogen-bond acceptors (Lipinski definition) is 3. The Bertz CT molecular complexity index is 867. The molecule has 0 aromatic heterocycles.